The Labute approximate surface area is 88.0 Å². The minimum absolute atomic E-state index is 0.0196. The van der Waals surface area contributed by atoms with E-state index in [4.69, 9.17) is 9.84 Å². The number of rotatable bonds is 0. The number of carbonyl (C=O) groups is 2. The lowest BCUT2D eigenvalue weighted by atomic mass is 9.76. The number of cyclic esters (lactones) is 1. The smallest absolute Gasteiger partial charge is 0.407 e. The van der Waals surface area contributed by atoms with Gasteiger partial charge in [-0.05, 0) is 19.8 Å². The Morgan fingerprint density at radius 3 is 2.53 bits per heavy atom. The zero-order valence-electron chi connectivity index (χ0n) is 8.73. The Bertz CT molecular complexity index is 294. The molecular weight excluding hydrogens is 198 g/mol. The van der Waals surface area contributed by atoms with Crippen molar-refractivity contribution in [3.05, 3.63) is 0 Å². The molecule has 1 spiro atoms. The zero-order valence-corrected chi connectivity index (χ0v) is 8.73. The van der Waals surface area contributed by atoms with Crippen LogP contribution in [0, 0.1) is 5.41 Å². The van der Waals surface area contributed by atoms with Crippen LogP contribution < -0.4 is 0 Å². The average molecular weight is 213 g/mol. The molecule has 2 rings (SSSR count). The van der Waals surface area contributed by atoms with Gasteiger partial charge in [-0.1, -0.05) is 0 Å². The lowest BCUT2D eigenvalue weighted by Crippen LogP contribution is -2.44. The van der Waals surface area contributed by atoms with Gasteiger partial charge in [0, 0.05) is 19.5 Å². The van der Waals surface area contributed by atoms with Crippen LogP contribution >= 0.6 is 0 Å². The minimum atomic E-state index is -0.899. The second kappa shape index (κ2) is 3.40. The fourth-order valence-corrected chi connectivity index (χ4v) is 2.52. The summed E-state index contributed by atoms with van der Waals surface area (Å²) in [7, 11) is 0. The summed E-state index contributed by atoms with van der Waals surface area (Å²) in [5.41, 5.74) is -0.397. The molecule has 0 aliphatic carbocycles. The van der Waals surface area contributed by atoms with Crippen molar-refractivity contribution < 1.29 is 19.4 Å². The van der Waals surface area contributed by atoms with Gasteiger partial charge in [-0.3, -0.25) is 4.79 Å². The number of carbonyl (C=O) groups excluding carboxylic acids is 1. The monoisotopic (exact) mass is 213 g/mol. The van der Waals surface area contributed by atoms with Gasteiger partial charge in [-0.25, -0.2) is 4.79 Å². The molecule has 2 aliphatic heterocycles. The first-order valence-corrected chi connectivity index (χ1v) is 5.22. The van der Waals surface area contributed by atoms with E-state index < -0.39 is 11.5 Å². The molecule has 1 unspecified atom stereocenters. The van der Waals surface area contributed by atoms with Gasteiger partial charge in [0.1, 0.15) is 6.10 Å². The SMILES string of the molecule is CC1CC2(CCN(C(=O)O)CC2)C(=O)O1. The van der Waals surface area contributed by atoms with Crippen LogP contribution in [-0.4, -0.2) is 41.3 Å². The second-order valence-electron chi connectivity index (χ2n) is 4.47. The summed E-state index contributed by atoms with van der Waals surface area (Å²) in [6.45, 7) is 2.77. The van der Waals surface area contributed by atoms with Gasteiger partial charge in [0.2, 0.25) is 0 Å². The summed E-state index contributed by atoms with van der Waals surface area (Å²) in [5, 5.41) is 8.80. The van der Waals surface area contributed by atoms with Crippen LogP contribution in [0.5, 0.6) is 0 Å². The maximum Gasteiger partial charge on any atom is 0.407 e. The van der Waals surface area contributed by atoms with Crippen molar-refractivity contribution >= 4 is 12.1 Å². The van der Waals surface area contributed by atoms with Crippen molar-refractivity contribution in [3.8, 4) is 0 Å². The lowest BCUT2D eigenvalue weighted by Gasteiger charge is -2.34. The highest BCUT2D eigenvalue weighted by atomic mass is 16.6. The summed E-state index contributed by atoms with van der Waals surface area (Å²) in [4.78, 5) is 23.7. The molecular formula is C10H15NO4. The summed E-state index contributed by atoms with van der Waals surface area (Å²) in [5.74, 6) is -0.139. The van der Waals surface area contributed by atoms with Crippen LogP contribution in [0.15, 0.2) is 0 Å². The Morgan fingerprint density at radius 2 is 2.13 bits per heavy atom. The minimum Gasteiger partial charge on any atom is -0.465 e. The molecule has 1 N–H and O–H groups in total. The Balaban J connectivity index is 2.03. The van der Waals surface area contributed by atoms with E-state index in [1.54, 1.807) is 0 Å². The number of amides is 1. The van der Waals surface area contributed by atoms with E-state index in [9.17, 15) is 9.59 Å². The first kappa shape index (κ1) is 10.3. The van der Waals surface area contributed by atoms with Gasteiger partial charge in [-0.2, -0.15) is 0 Å². The van der Waals surface area contributed by atoms with Crippen molar-refractivity contribution in [2.75, 3.05) is 13.1 Å². The molecule has 2 saturated heterocycles. The zero-order chi connectivity index (χ0) is 11.1. The van der Waals surface area contributed by atoms with E-state index in [2.05, 4.69) is 0 Å². The lowest BCUT2D eigenvalue weighted by molar-refractivity contribution is -0.150. The van der Waals surface area contributed by atoms with E-state index in [-0.39, 0.29) is 12.1 Å². The molecule has 2 fully saturated rings. The van der Waals surface area contributed by atoms with Crippen molar-refractivity contribution in [1.29, 1.82) is 0 Å². The largest absolute Gasteiger partial charge is 0.465 e. The van der Waals surface area contributed by atoms with Crippen molar-refractivity contribution in [3.63, 3.8) is 0 Å². The Hall–Kier alpha value is -1.26. The molecule has 1 atom stereocenters. The number of hydrogen-bond acceptors (Lipinski definition) is 3. The van der Waals surface area contributed by atoms with Gasteiger partial charge in [0.15, 0.2) is 0 Å². The standard InChI is InChI=1S/C10H15NO4/c1-7-6-10(8(12)15-7)2-4-11(5-3-10)9(13)14/h7H,2-6H2,1H3,(H,13,14). The van der Waals surface area contributed by atoms with Crippen molar-refractivity contribution in [2.24, 2.45) is 5.41 Å². The van der Waals surface area contributed by atoms with Crippen LogP contribution in [0.3, 0.4) is 0 Å². The number of nitrogens with zero attached hydrogens (tertiary/aromatic N) is 1. The van der Waals surface area contributed by atoms with Gasteiger partial charge < -0.3 is 14.7 Å². The third-order valence-corrected chi connectivity index (χ3v) is 3.41. The predicted molar refractivity (Wildman–Crippen MR) is 51.4 cm³/mol. The quantitative estimate of drug-likeness (QED) is 0.611. The highest BCUT2D eigenvalue weighted by Crippen LogP contribution is 2.42. The molecule has 84 valence electrons. The van der Waals surface area contributed by atoms with Crippen molar-refractivity contribution in [2.45, 2.75) is 32.3 Å². The summed E-state index contributed by atoms with van der Waals surface area (Å²) < 4.78 is 5.15. The number of piperidine rings is 1. The molecule has 1 amide bonds. The third kappa shape index (κ3) is 1.66. The summed E-state index contributed by atoms with van der Waals surface area (Å²) in [6, 6.07) is 0. The predicted octanol–water partition coefficient (Wildman–Crippen LogP) is 1.08. The summed E-state index contributed by atoms with van der Waals surface area (Å²) >= 11 is 0. The fourth-order valence-electron chi connectivity index (χ4n) is 2.52. The van der Waals surface area contributed by atoms with E-state index >= 15 is 0 Å². The van der Waals surface area contributed by atoms with Gasteiger partial charge in [0.05, 0.1) is 5.41 Å². The number of esters is 1. The first-order valence-electron chi connectivity index (χ1n) is 5.22. The molecule has 5 nitrogen and oxygen atoms in total. The maximum atomic E-state index is 11.6. The number of hydrogen-bond donors (Lipinski definition) is 1. The van der Waals surface area contributed by atoms with Crippen LogP contribution in [-0.2, 0) is 9.53 Å². The summed E-state index contributed by atoms with van der Waals surface area (Å²) in [6.07, 6.45) is 1.02. The molecule has 0 bridgehead atoms. The number of carboxylic acid groups (broad SMARTS) is 1. The fraction of sp³-hybridized carbons (Fsp3) is 0.800. The maximum absolute atomic E-state index is 11.6. The highest BCUT2D eigenvalue weighted by Gasteiger charge is 2.49. The number of ether oxygens (including phenoxy) is 1. The normalized spacial score (nSPS) is 29.3. The second-order valence-corrected chi connectivity index (χ2v) is 4.47. The first-order chi connectivity index (χ1) is 7.03. The van der Waals surface area contributed by atoms with Crippen LogP contribution in [0.25, 0.3) is 0 Å². The molecule has 0 radical (unpaired) electrons. The molecule has 15 heavy (non-hydrogen) atoms. The highest BCUT2D eigenvalue weighted by molar-refractivity contribution is 5.79. The van der Waals surface area contributed by atoms with Gasteiger partial charge >= 0.3 is 12.1 Å². The third-order valence-electron chi connectivity index (χ3n) is 3.41. The Morgan fingerprint density at radius 1 is 1.53 bits per heavy atom. The molecule has 0 aromatic rings. The number of likely N-dealkylation sites (tertiary alicyclic amines) is 1. The molecule has 0 aromatic heterocycles. The van der Waals surface area contributed by atoms with E-state index in [0.717, 1.165) is 6.42 Å². The van der Waals surface area contributed by atoms with Crippen LogP contribution in [0.1, 0.15) is 26.2 Å². The topological polar surface area (TPSA) is 66.8 Å². The van der Waals surface area contributed by atoms with Crippen LogP contribution in [0.2, 0.25) is 0 Å². The van der Waals surface area contributed by atoms with Crippen molar-refractivity contribution in [1.82, 2.24) is 4.90 Å². The van der Waals surface area contributed by atoms with Gasteiger partial charge in [-0.15, -0.1) is 0 Å². The molecule has 2 aliphatic rings. The Kier molecular flexibility index (Phi) is 2.32. The van der Waals surface area contributed by atoms with E-state index in [1.165, 1.54) is 4.90 Å². The molecule has 5 heteroatoms. The van der Waals surface area contributed by atoms with E-state index in [1.807, 2.05) is 6.92 Å². The molecule has 2 heterocycles. The van der Waals surface area contributed by atoms with Crippen LogP contribution in [0.4, 0.5) is 4.79 Å². The molecule has 0 aromatic carbocycles. The average Bonchev–Trinajstić information content (AvgIpc) is 2.42. The van der Waals surface area contributed by atoms with Gasteiger partial charge in [0.25, 0.3) is 0 Å². The van der Waals surface area contributed by atoms with E-state index in [0.29, 0.717) is 25.9 Å². The molecule has 0 saturated carbocycles.